The third-order valence-corrected chi connectivity index (χ3v) is 4.30. The topological polar surface area (TPSA) is 40.3 Å². The van der Waals surface area contributed by atoms with Crippen LogP contribution in [-0.2, 0) is 4.79 Å². The van der Waals surface area contributed by atoms with E-state index >= 15 is 0 Å². The molecule has 2 aromatic rings. The Morgan fingerprint density at radius 2 is 1.85 bits per heavy atom. The van der Waals surface area contributed by atoms with Crippen LogP contribution < -0.4 is 0 Å². The number of phenolic OH excluding ortho intramolecular Hbond substituents is 1. The van der Waals surface area contributed by atoms with Crippen molar-refractivity contribution >= 4 is 23.2 Å². The van der Waals surface area contributed by atoms with E-state index in [1.165, 1.54) is 22.8 Å². The van der Waals surface area contributed by atoms with Gasteiger partial charge in [-0.25, -0.2) is 13.8 Å². The van der Waals surface area contributed by atoms with Gasteiger partial charge in [0.1, 0.15) is 18.1 Å². The lowest BCUT2D eigenvalue weighted by molar-refractivity contribution is -0.766. The molecule has 4 nitrogen and oxygen atoms in total. The number of carbonyl (C=O) groups excluding carboxylic acids is 1. The van der Waals surface area contributed by atoms with Gasteiger partial charge in [0.15, 0.2) is 0 Å². The molecule has 1 amide bonds. The summed E-state index contributed by atoms with van der Waals surface area (Å²) in [5.74, 6) is -0.738. The summed E-state index contributed by atoms with van der Waals surface area (Å²) < 4.78 is 14.9. The van der Waals surface area contributed by atoms with Crippen molar-refractivity contribution in [3.63, 3.8) is 0 Å². The predicted molar refractivity (Wildman–Crippen MR) is 103 cm³/mol. The summed E-state index contributed by atoms with van der Waals surface area (Å²) in [4.78, 5) is 12.0. The summed E-state index contributed by atoms with van der Waals surface area (Å²) >= 11 is 5.95. The van der Waals surface area contributed by atoms with Crippen molar-refractivity contribution in [3.05, 3.63) is 78.5 Å². The van der Waals surface area contributed by atoms with Crippen molar-refractivity contribution in [2.24, 2.45) is 0 Å². The zero-order valence-corrected chi connectivity index (χ0v) is 16.1. The van der Waals surface area contributed by atoms with E-state index in [9.17, 15) is 14.3 Å². The minimum atomic E-state index is -0.500. The number of nitrogens with zero attached hydrogens (tertiary/aromatic N) is 2. The van der Waals surface area contributed by atoms with Crippen LogP contribution in [0.25, 0.3) is 0 Å². The molecule has 0 aromatic heterocycles. The van der Waals surface area contributed by atoms with Gasteiger partial charge in [-0.3, -0.25) is 4.48 Å². The molecule has 0 saturated heterocycles. The van der Waals surface area contributed by atoms with Gasteiger partial charge in [0.25, 0.3) is 7.05 Å². The fraction of sp³-hybridized carbons (Fsp3) is 0.238. The number of halogens is 2. The quantitative estimate of drug-likeness (QED) is 0.354. The van der Waals surface area contributed by atoms with E-state index in [2.05, 4.69) is 0 Å². The minimum Gasteiger partial charge on any atom is -0.507 e. The monoisotopic (exact) mass is 388 g/mol. The Hall–Kier alpha value is -2.24. The Bertz CT molecular complexity index is 855. The van der Waals surface area contributed by atoms with Crippen LogP contribution in [0, 0.1) is 19.9 Å². The molecule has 0 unspecified atom stereocenters. The third-order valence-electron chi connectivity index (χ3n) is 4.05. The Labute approximate surface area is 164 Å². The molecule has 140 valence electrons. The van der Waals surface area contributed by atoms with Crippen LogP contribution in [0.1, 0.15) is 24.0 Å². The Morgan fingerprint density at radius 3 is 2.44 bits per heavy atom. The lowest BCUT2D eigenvalue weighted by atomic mass is 10.0. The summed E-state index contributed by atoms with van der Waals surface area (Å²) in [5.41, 5.74) is 1.34. The molecule has 4 radical (unpaired) electrons. The van der Waals surface area contributed by atoms with E-state index in [1.807, 2.05) is 0 Å². The molecule has 1 N–H and O–H groups in total. The molecular weight excluding hydrogens is 367 g/mol. The lowest BCUT2D eigenvalue weighted by Gasteiger charge is -2.18. The number of aromatic hydroxyl groups is 1. The maximum atomic E-state index is 13.8. The third kappa shape index (κ3) is 5.62. The Kier molecular flexibility index (Phi) is 6.73. The Morgan fingerprint density at radius 1 is 1.22 bits per heavy atom. The van der Waals surface area contributed by atoms with Gasteiger partial charge in [-0.05, 0) is 42.5 Å². The van der Waals surface area contributed by atoms with Crippen molar-refractivity contribution in [1.29, 1.82) is 0 Å². The van der Waals surface area contributed by atoms with Crippen LogP contribution in [0.15, 0.2) is 42.5 Å². The van der Waals surface area contributed by atoms with Crippen molar-refractivity contribution in [2.45, 2.75) is 12.8 Å². The van der Waals surface area contributed by atoms with Crippen LogP contribution >= 0.6 is 11.6 Å². The van der Waals surface area contributed by atoms with Gasteiger partial charge in [0, 0.05) is 17.0 Å². The fourth-order valence-electron chi connectivity index (χ4n) is 2.58. The number of amides is 1. The number of benzene rings is 2. The first kappa shape index (κ1) is 21.1. The van der Waals surface area contributed by atoms with Crippen molar-refractivity contribution in [3.8, 4) is 5.75 Å². The molecule has 0 aliphatic rings. The average Bonchev–Trinajstić information content (AvgIpc) is 2.59. The molecule has 0 aliphatic heterocycles. The molecule has 0 aliphatic carbocycles. The van der Waals surface area contributed by atoms with E-state index in [-0.39, 0.29) is 28.1 Å². The van der Waals surface area contributed by atoms with Gasteiger partial charge in [0.2, 0.25) is 12.8 Å². The summed E-state index contributed by atoms with van der Waals surface area (Å²) in [5, 5.41) is 10.8. The summed E-state index contributed by atoms with van der Waals surface area (Å²) in [6.45, 7) is 0.305. The van der Waals surface area contributed by atoms with Crippen LogP contribution in [0.3, 0.4) is 0 Å². The molecular formula is C21H22ClFN2O2+2. The van der Waals surface area contributed by atoms with Crippen molar-refractivity contribution in [1.82, 2.24) is 0 Å². The number of carbonyl (C=O) groups is 1. The molecule has 2 aromatic carbocycles. The number of hydrogen-bond acceptors (Lipinski definition) is 2. The van der Waals surface area contributed by atoms with Crippen molar-refractivity contribution < 1.29 is 23.4 Å². The molecule has 2 rings (SSSR count). The molecule has 0 fully saturated rings. The molecule has 0 saturated carbocycles. The number of rotatable bonds is 6. The first-order valence-corrected chi connectivity index (χ1v) is 8.77. The van der Waals surface area contributed by atoms with Crippen LogP contribution in [0.5, 0.6) is 5.75 Å². The molecule has 0 heterocycles. The predicted octanol–water partition coefficient (Wildman–Crippen LogP) is 3.75. The normalized spacial score (nSPS) is 12.7. The van der Waals surface area contributed by atoms with E-state index in [0.717, 1.165) is 0 Å². The summed E-state index contributed by atoms with van der Waals surface area (Å²) in [6, 6.07) is 10.5. The maximum Gasteiger partial charge on any atom is 0.314 e. The second-order valence-corrected chi connectivity index (χ2v) is 7.18. The second kappa shape index (κ2) is 8.63. The molecule has 0 bridgehead atoms. The van der Waals surface area contributed by atoms with Crippen molar-refractivity contribution in [2.75, 3.05) is 20.6 Å². The lowest BCUT2D eigenvalue weighted by Crippen LogP contribution is -2.39. The average molecular weight is 389 g/mol. The summed E-state index contributed by atoms with van der Waals surface area (Å²) in [7, 11) is 15.1. The minimum absolute atomic E-state index is 0.104. The standard InChI is InChI=1S/C21H22ClFN2O2/c1-24(13-5-6-20(27)25(2,3)4)21(15-7-9-16(22)10-8-15)18-14-17(23)11-12-19(18)26/h1-2,7-12,14,26H,5-6,13H2,3-4H3/q+2. The largest absolute Gasteiger partial charge is 0.507 e. The highest BCUT2D eigenvalue weighted by molar-refractivity contribution is 6.30. The first-order valence-electron chi connectivity index (χ1n) is 8.39. The number of hydrogen-bond donors (Lipinski definition) is 1. The number of phenols is 1. The van der Waals surface area contributed by atoms with E-state index in [0.29, 0.717) is 29.3 Å². The van der Waals surface area contributed by atoms with Crippen LogP contribution in [0.2, 0.25) is 5.02 Å². The zero-order valence-electron chi connectivity index (χ0n) is 15.3. The van der Waals surface area contributed by atoms with Gasteiger partial charge < -0.3 is 5.11 Å². The molecule has 27 heavy (non-hydrogen) atoms. The highest BCUT2D eigenvalue weighted by Crippen LogP contribution is 2.23. The van der Waals surface area contributed by atoms with E-state index < -0.39 is 5.82 Å². The highest BCUT2D eigenvalue weighted by atomic mass is 35.5. The summed E-state index contributed by atoms with van der Waals surface area (Å²) in [6.07, 6.45) is 0.682. The van der Waals surface area contributed by atoms with E-state index in [1.54, 1.807) is 38.4 Å². The fourth-order valence-corrected chi connectivity index (χ4v) is 2.71. The molecule has 6 heteroatoms. The van der Waals surface area contributed by atoms with Gasteiger partial charge in [-0.15, -0.1) is 0 Å². The van der Waals surface area contributed by atoms with Crippen LogP contribution in [0.4, 0.5) is 4.39 Å². The highest BCUT2D eigenvalue weighted by Gasteiger charge is 2.24. The number of quaternary nitrogens is 1. The van der Waals surface area contributed by atoms with E-state index in [4.69, 9.17) is 25.7 Å². The maximum absolute atomic E-state index is 13.8. The van der Waals surface area contributed by atoms with Gasteiger partial charge in [-0.1, -0.05) is 11.6 Å². The molecule has 0 atom stereocenters. The van der Waals surface area contributed by atoms with Gasteiger partial charge >= 0.3 is 5.91 Å². The van der Waals surface area contributed by atoms with Gasteiger partial charge in [-0.2, -0.15) is 0 Å². The van der Waals surface area contributed by atoms with Gasteiger partial charge in [0.05, 0.1) is 26.1 Å². The van der Waals surface area contributed by atoms with Crippen LogP contribution in [-0.4, -0.2) is 46.4 Å². The SMILES string of the molecule is [CH][N+](CCCC(=O)[N+]([CH])(C)C)=C(c1ccc(Cl)cc1)c1cc(F)ccc1O. The first-order chi connectivity index (χ1) is 12.6. The Balaban J connectivity index is 2.39. The zero-order chi connectivity index (χ0) is 20.2. The second-order valence-electron chi connectivity index (χ2n) is 6.75. The smallest absolute Gasteiger partial charge is 0.314 e. The molecule has 0 spiro atoms.